The zero-order chi connectivity index (χ0) is 22.7. The molecule has 0 radical (unpaired) electrons. The second-order valence-corrected chi connectivity index (χ2v) is 7.92. The fourth-order valence-corrected chi connectivity index (χ4v) is 4.04. The standard InChI is InChI=1S/C23H21N3O5S/c1-3-30-21(28)11-26-18-10-15(8-9-19(18)31-12-20(26)27)17-13-32-23(24-17)25-22(29)16-7-5-4-6-14(16)2/h4-10,13H,3,11-12H2,1-2H3,(H,24,25,29). The number of amides is 2. The number of aromatic nitrogens is 1. The molecule has 0 atom stereocenters. The predicted molar refractivity (Wildman–Crippen MR) is 121 cm³/mol. The van der Waals surface area contributed by atoms with Gasteiger partial charge in [-0.05, 0) is 43.7 Å². The number of hydrogen-bond acceptors (Lipinski definition) is 7. The van der Waals surface area contributed by atoms with E-state index in [1.807, 2.05) is 36.6 Å². The van der Waals surface area contributed by atoms with E-state index in [0.29, 0.717) is 27.8 Å². The van der Waals surface area contributed by atoms with Crippen LogP contribution in [0.5, 0.6) is 5.75 Å². The number of nitrogens with zero attached hydrogens (tertiary/aromatic N) is 2. The molecule has 1 aromatic heterocycles. The number of thiazole rings is 1. The monoisotopic (exact) mass is 451 g/mol. The number of carbonyl (C=O) groups is 3. The summed E-state index contributed by atoms with van der Waals surface area (Å²) in [4.78, 5) is 42.7. The Morgan fingerprint density at radius 1 is 1.25 bits per heavy atom. The highest BCUT2D eigenvalue weighted by atomic mass is 32.1. The molecule has 0 saturated carbocycles. The van der Waals surface area contributed by atoms with E-state index in [9.17, 15) is 14.4 Å². The first-order chi connectivity index (χ1) is 15.5. The summed E-state index contributed by atoms with van der Waals surface area (Å²) < 4.78 is 10.5. The van der Waals surface area contributed by atoms with Gasteiger partial charge in [-0.3, -0.25) is 24.6 Å². The minimum Gasteiger partial charge on any atom is -0.482 e. The van der Waals surface area contributed by atoms with E-state index in [2.05, 4.69) is 10.3 Å². The van der Waals surface area contributed by atoms with Gasteiger partial charge in [0.15, 0.2) is 11.7 Å². The van der Waals surface area contributed by atoms with Crippen molar-refractivity contribution in [1.29, 1.82) is 0 Å². The summed E-state index contributed by atoms with van der Waals surface area (Å²) in [6.07, 6.45) is 0. The molecule has 1 aliphatic rings. The van der Waals surface area contributed by atoms with Gasteiger partial charge in [0.05, 0.1) is 18.0 Å². The van der Waals surface area contributed by atoms with Gasteiger partial charge in [0.1, 0.15) is 12.3 Å². The van der Waals surface area contributed by atoms with Crippen LogP contribution in [0.4, 0.5) is 10.8 Å². The van der Waals surface area contributed by atoms with Crippen molar-refractivity contribution in [2.24, 2.45) is 0 Å². The smallest absolute Gasteiger partial charge is 0.326 e. The van der Waals surface area contributed by atoms with Gasteiger partial charge in [0.25, 0.3) is 11.8 Å². The Morgan fingerprint density at radius 3 is 2.84 bits per heavy atom. The maximum atomic E-state index is 12.6. The van der Waals surface area contributed by atoms with Gasteiger partial charge in [0, 0.05) is 16.5 Å². The van der Waals surface area contributed by atoms with Crippen molar-refractivity contribution in [3.63, 3.8) is 0 Å². The molecule has 0 aliphatic carbocycles. The largest absolute Gasteiger partial charge is 0.482 e. The number of aryl methyl sites for hydroxylation is 1. The number of benzene rings is 2. The summed E-state index contributed by atoms with van der Waals surface area (Å²) >= 11 is 1.30. The van der Waals surface area contributed by atoms with Gasteiger partial charge < -0.3 is 9.47 Å². The van der Waals surface area contributed by atoms with Crippen LogP contribution in [0, 0.1) is 6.92 Å². The Morgan fingerprint density at radius 2 is 2.06 bits per heavy atom. The van der Waals surface area contributed by atoms with E-state index in [4.69, 9.17) is 9.47 Å². The Bertz CT molecular complexity index is 1190. The molecule has 164 valence electrons. The predicted octanol–water partition coefficient (Wildman–Crippen LogP) is 3.66. The number of carbonyl (C=O) groups excluding carboxylic acids is 3. The maximum Gasteiger partial charge on any atom is 0.326 e. The number of rotatable bonds is 6. The van der Waals surface area contributed by atoms with Crippen molar-refractivity contribution < 1.29 is 23.9 Å². The van der Waals surface area contributed by atoms with Gasteiger partial charge >= 0.3 is 5.97 Å². The number of anilines is 2. The third-order valence-electron chi connectivity index (χ3n) is 4.90. The molecule has 8 nitrogen and oxygen atoms in total. The van der Waals surface area contributed by atoms with Crippen LogP contribution in [0.2, 0.25) is 0 Å². The molecular weight excluding hydrogens is 430 g/mol. The molecule has 4 rings (SSSR count). The molecule has 0 fully saturated rings. The highest BCUT2D eigenvalue weighted by molar-refractivity contribution is 7.14. The molecule has 1 aliphatic heterocycles. The molecule has 0 spiro atoms. The lowest BCUT2D eigenvalue weighted by Crippen LogP contribution is -2.42. The number of hydrogen-bond donors (Lipinski definition) is 1. The fraction of sp³-hybridized carbons (Fsp3) is 0.217. The topological polar surface area (TPSA) is 97.8 Å². The Labute approximate surface area is 188 Å². The number of ether oxygens (including phenoxy) is 2. The van der Waals surface area contributed by atoms with E-state index in [1.54, 1.807) is 25.1 Å². The molecule has 0 saturated heterocycles. The zero-order valence-corrected chi connectivity index (χ0v) is 18.4. The SMILES string of the molecule is CCOC(=O)CN1C(=O)COc2ccc(-c3csc(NC(=O)c4ccccc4C)n3)cc21. The molecule has 0 bridgehead atoms. The Hall–Kier alpha value is -3.72. The van der Waals surface area contributed by atoms with E-state index in [1.165, 1.54) is 16.2 Å². The van der Waals surface area contributed by atoms with Crippen LogP contribution in [0.15, 0.2) is 47.8 Å². The third-order valence-corrected chi connectivity index (χ3v) is 5.66. The maximum absolute atomic E-state index is 12.6. The second kappa shape index (κ2) is 9.19. The van der Waals surface area contributed by atoms with Crippen molar-refractivity contribution in [2.45, 2.75) is 13.8 Å². The highest BCUT2D eigenvalue weighted by Gasteiger charge is 2.28. The molecule has 2 heterocycles. The molecule has 2 aromatic carbocycles. The molecular formula is C23H21N3O5S. The van der Waals surface area contributed by atoms with Gasteiger partial charge in [-0.25, -0.2) is 4.98 Å². The minimum absolute atomic E-state index is 0.141. The van der Waals surface area contributed by atoms with Crippen molar-refractivity contribution in [2.75, 3.05) is 30.0 Å². The van der Waals surface area contributed by atoms with Crippen LogP contribution in [-0.4, -0.2) is 42.5 Å². The summed E-state index contributed by atoms with van der Waals surface area (Å²) in [5.74, 6) is -0.545. The summed E-state index contributed by atoms with van der Waals surface area (Å²) in [5.41, 5.74) is 3.30. The van der Waals surface area contributed by atoms with Gasteiger partial charge in [-0.15, -0.1) is 11.3 Å². The van der Waals surface area contributed by atoms with Crippen LogP contribution in [-0.2, 0) is 14.3 Å². The van der Waals surface area contributed by atoms with Gasteiger partial charge in [-0.2, -0.15) is 0 Å². The molecule has 2 amide bonds. The van der Waals surface area contributed by atoms with E-state index in [0.717, 1.165) is 11.1 Å². The fourth-order valence-electron chi connectivity index (χ4n) is 3.33. The first kappa shape index (κ1) is 21.5. The Balaban J connectivity index is 1.57. The van der Waals surface area contributed by atoms with E-state index < -0.39 is 5.97 Å². The lowest BCUT2D eigenvalue weighted by atomic mass is 10.1. The lowest BCUT2D eigenvalue weighted by molar-refractivity contribution is -0.142. The minimum atomic E-state index is -0.492. The van der Waals surface area contributed by atoms with E-state index in [-0.39, 0.29) is 31.6 Å². The first-order valence-corrected chi connectivity index (χ1v) is 10.9. The molecule has 1 N–H and O–H groups in total. The number of esters is 1. The molecule has 9 heteroatoms. The van der Waals surface area contributed by atoms with Crippen molar-refractivity contribution in [1.82, 2.24) is 4.98 Å². The number of nitrogens with one attached hydrogen (secondary N) is 1. The summed E-state index contributed by atoms with van der Waals surface area (Å²) in [6.45, 7) is 3.49. The zero-order valence-electron chi connectivity index (χ0n) is 17.6. The summed E-state index contributed by atoms with van der Waals surface area (Å²) in [6, 6.07) is 12.6. The average molecular weight is 452 g/mol. The molecule has 32 heavy (non-hydrogen) atoms. The molecule has 0 unspecified atom stereocenters. The first-order valence-electron chi connectivity index (χ1n) is 10.0. The Kier molecular flexibility index (Phi) is 6.18. The second-order valence-electron chi connectivity index (χ2n) is 7.06. The van der Waals surface area contributed by atoms with Crippen LogP contribution in [0.25, 0.3) is 11.3 Å². The lowest BCUT2D eigenvalue weighted by Gasteiger charge is -2.28. The normalized spacial score (nSPS) is 12.7. The quantitative estimate of drug-likeness (QED) is 0.575. The van der Waals surface area contributed by atoms with Gasteiger partial charge in [-0.1, -0.05) is 18.2 Å². The van der Waals surface area contributed by atoms with Crippen LogP contribution >= 0.6 is 11.3 Å². The third kappa shape index (κ3) is 4.47. The van der Waals surface area contributed by atoms with E-state index >= 15 is 0 Å². The van der Waals surface area contributed by atoms with Crippen LogP contribution < -0.4 is 15.0 Å². The molecule has 3 aromatic rings. The van der Waals surface area contributed by atoms with Crippen molar-refractivity contribution in [3.8, 4) is 17.0 Å². The number of fused-ring (bicyclic) bond motifs is 1. The van der Waals surface area contributed by atoms with Crippen LogP contribution in [0.1, 0.15) is 22.8 Å². The summed E-state index contributed by atoms with van der Waals surface area (Å²) in [7, 11) is 0. The highest BCUT2D eigenvalue weighted by Crippen LogP contribution is 2.36. The van der Waals surface area contributed by atoms with Gasteiger partial charge in [0.2, 0.25) is 0 Å². The van der Waals surface area contributed by atoms with Crippen molar-refractivity contribution in [3.05, 3.63) is 59.0 Å². The summed E-state index contributed by atoms with van der Waals surface area (Å²) in [5, 5.41) is 5.10. The average Bonchev–Trinajstić information content (AvgIpc) is 3.24. The van der Waals surface area contributed by atoms with Crippen LogP contribution in [0.3, 0.4) is 0 Å². The van der Waals surface area contributed by atoms with Crippen molar-refractivity contribution >= 4 is 39.9 Å².